The molecular formula is C15H30N2O2. The summed E-state index contributed by atoms with van der Waals surface area (Å²) in [5.41, 5.74) is 0.255. The van der Waals surface area contributed by atoms with E-state index in [-0.39, 0.29) is 5.41 Å². The first-order valence-corrected chi connectivity index (χ1v) is 7.93. The second-order valence-electron chi connectivity index (χ2n) is 6.28. The van der Waals surface area contributed by atoms with Crippen molar-refractivity contribution in [3.63, 3.8) is 0 Å². The maximum atomic E-state index is 9.48. The topological polar surface area (TPSA) is 44.7 Å². The van der Waals surface area contributed by atoms with Gasteiger partial charge >= 0.3 is 0 Å². The molecule has 2 heterocycles. The number of aliphatic hydroxyl groups excluding tert-OH is 1. The zero-order chi connectivity index (χ0) is 13.6. The highest BCUT2D eigenvalue weighted by atomic mass is 16.5. The molecule has 19 heavy (non-hydrogen) atoms. The fourth-order valence-electron chi connectivity index (χ4n) is 3.50. The van der Waals surface area contributed by atoms with Crippen molar-refractivity contribution in [2.24, 2.45) is 5.41 Å². The van der Waals surface area contributed by atoms with E-state index in [0.29, 0.717) is 12.6 Å². The Morgan fingerprint density at radius 1 is 1.42 bits per heavy atom. The maximum absolute atomic E-state index is 9.48. The third-order valence-electron chi connectivity index (χ3n) is 4.58. The monoisotopic (exact) mass is 270 g/mol. The van der Waals surface area contributed by atoms with Crippen LogP contribution in [0.4, 0.5) is 0 Å². The summed E-state index contributed by atoms with van der Waals surface area (Å²) in [6, 6.07) is 0.380. The number of nitrogens with zero attached hydrogens (tertiary/aromatic N) is 1. The molecule has 0 radical (unpaired) electrons. The van der Waals surface area contributed by atoms with Crippen LogP contribution in [0.2, 0.25) is 0 Å². The lowest BCUT2D eigenvalue weighted by Crippen LogP contribution is -2.50. The van der Waals surface area contributed by atoms with E-state index in [9.17, 15) is 5.11 Å². The number of nitrogens with one attached hydrogen (secondary N) is 1. The molecule has 0 amide bonds. The normalized spacial score (nSPS) is 32.8. The van der Waals surface area contributed by atoms with Crippen LogP contribution in [0.15, 0.2) is 0 Å². The molecule has 4 nitrogen and oxygen atoms in total. The van der Waals surface area contributed by atoms with Gasteiger partial charge < -0.3 is 15.2 Å². The molecule has 0 aliphatic carbocycles. The van der Waals surface area contributed by atoms with Crippen LogP contribution >= 0.6 is 0 Å². The van der Waals surface area contributed by atoms with Crippen LogP contribution in [0, 0.1) is 5.41 Å². The Morgan fingerprint density at radius 2 is 2.32 bits per heavy atom. The van der Waals surface area contributed by atoms with Crippen molar-refractivity contribution in [2.45, 2.75) is 45.1 Å². The van der Waals surface area contributed by atoms with Gasteiger partial charge in [-0.15, -0.1) is 0 Å². The van der Waals surface area contributed by atoms with Crippen LogP contribution in [0.5, 0.6) is 0 Å². The van der Waals surface area contributed by atoms with E-state index in [2.05, 4.69) is 17.1 Å². The molecule has 4 heteroatoms. The summed E-state index contributed by atoms with van der Waals surface area (Å²) in [7, 11) is 0. The number of hydrogen-bond acceptors (Lipinski definition) is 4. The summed E-state index contributed by atoms with van der Waals surface area (Å²) in [5, 5.41) is 13.1. The van der Waals surface area contributed by atoms with E-state index in [1.54, 1.807) is 0 Å². The molecule has 2 N–H and O–H groups in total. The largest absolute Gasteiger partial charge is 0.395 e. The number of rotatable bonds is 7. The van der Waals surface area contributed by atoms with Gasteiger partial charge in [-0.25, -0.2) is 0 Å². The van der Waals surface area contributed by atoms with Gasteiger partial charge in [0.2, 0.25) is 0 Å². The zero-order valence-corrected chi connectivity index (χ0v) is 12.4. The van der Waals surface area contributed by atoms with Gasteiger partial charge in [0, 0.05) is 31.2 Å². The Hall–Kier alpha value is -0.160. The highest BCUT2D eigenvalue weighted by Crippen LogP contribution is 2.31. The standard InChI is InChI=1S/C15H30N2O2/c1-2-7-16-11-15(6-4-9-19-13-15)12-17-8-3-5-14(17)10-18/h14,16,18H,2-13H2,1H3. The average Bonchev–Trinajstić information content (AvgIpc) is 2.87. The van der Waals surface area contributed by atoms with Gasteiger partial charge in [-0.2, -0.15) is 0 Å². The molecule has 0 aromatic rings. The van der Waals surface area contributed by atoms with Gasteiger partial charge in [0.25, 0.3) is 0 Å². The highest BCUT2D eigenvalue weighted by molar-refractivity contribution is 4.91. The molecule has 2 aliphatic rings. The first-order chi connectivity index (χ1) is 9.29. The predicted molar refractivity (Wildman–Crippen MR) is 77.3 cm³/mol. The molecule has 2 atom stereocenters. The quantitative estimate of drug-likeness (QED) is 0.683. The lowest BCUT2D eigenvalue weighted by atomic mass is 9.81. The summed E-state index contributed by atoms with van der Waals surface area (Å²) in [6.07, 6.45) is 5.98. The first kappa shape index (κ1) is 15.2. The van der Waals surface area contributed by atoms with Crippen LogP contribution in [-0.2, 0) is 4.74 Å². The van der Waals surface area contributed by atoms with Gasteiger partial charge in [-0.1, -0.05) is 6.92 Å². The fraction of sp³-hybridized carbons (Fsp3) is 1.00. The Balaban J connectivity index is 1.92. The van der Waals surface area contributed by atoms with E-state index >= 15 is 0 Å². The number of hydrogen-bond donors (Lipinski definition) is 2. The van der Waals surface area contributed by atoms with Crippen LogP contribution in [-0.4, -0.2) is 62.0 Å². The molecule has 2 fully saturated rings. The molecule has 0 bridgehead atoms. The summed E-state index contributed by atoms with van der Waals surface area (Å²) in [4.78, 5) is 2.49. The molecule has 0 aromatic heterocycles. The SMILES string of the molecule is CCCNCC1(CN2CCCC2CO)CCCOC1. The number of ether oxygens (including phenoxy) is 1. The lowest BCUT2D eigenvalue weighted by molar-refractivity contribution is -0.0309. The van der Waals surface area contributed by atoms with Crippen molar-refractivity contribution in [1.82, 2.24) is 10.2 Å². The Bertz CT molecular complexity index is 255. The van der Waals surface area contributed by atoms with Crippen LogP contribution < -0.4 is 5.32 Å². The Labute approximate surface area is 117 Å². The highest BCUT2D eigenvalue weighted by Gasteiger charge is 2.37. The van der Waals surface area contributed by atoms with E-state index in [1.165, 1.54) is 25.7 Å². The van der Waals surface area contributed by atoms with Gasteiger partial charge in [-0.05, 0) is 45.2 Å². The minimum absolute atomic E-state index is 0.255. The Kier molecular flexibility index (Phi) is 6.07. The second kappa shape index (κ2) is 7.58. The summed E-state index contributed by atoms with van der Waals surface area (Å²) < 4.78 is 5.77. The minimum Gasteiger partial charge on any atom is -0.395 e. The smallest absolute Gasteiger partial charge is 0.0586 e. The molecule has 0 aromatic carbocycles. The lowest BCUT2D eigenvalue weighted by Gasteiger charge is -2.41. The minimum atomic E-state index is 0.255. The molecule has 112 valence electrons. The van der Waals surface area contributed by atoms with Crippen molar-refractivity contribution < 1.29 is 9.84 Å². The van der Waals surface area contributed by atoms with Gasteiger partial charge in [0.1, 0.15) is 0 Å². The van der Waals surface area contributed by atoms with Crippen molar-refractivity contribution in [3.8, 4) is 0 Å². The molecule has 0 spiro atoms. The third-order valence-corrected chi connectivity index (χ3v) is 4.58. The van der Waals surface area contributed by atoms with Crippen molar-refractivity contribution >= 4 is 0 Å². The van der Waals surface area contributed by atoms with E-state index < -0.39 is 0 Å². The summed E-state index contributed by atoms with van der Waals surface area (Å²) in [6.45, 7) is 8.66. The molecule has 0 saturated carbocycles. The van der Waals surface area contributed by atoms with E-state index in [1.807, 2.05) is 0 Å². The summed E-state index contributed by atoms with van der Waals surface area (Å²) in [5.74, 6) is 0. The van der Waals surface area contributed by atoms with Crippen LogP contribution in [0.1, 0.15) is 39.0 Å². The average molecular weight is 270 g/mol. The van der Waals surface area contributed by atoms with Gasteiger partial charge in [0.15, 0.2) is 0 Å². The number of likely N-dealkylation sites (tertiary alicyclic amines) is 1. The maximum Gasteiger partial charge on any atom is 0.0586 e. The number of aliphatic hydroxyl groups is 1. The molecule has 2 saturated heterocycles. The molecule has 2 aliphatic heterocycles. The van der Waals surface area contributed by atoms with Crippen molar-refractivity contribution in [1.29, 1.82) is 0 Å². The third kappa shape index (κ3) is 4.15. The first-order valence-electron chi connectivity index (χ1n) is 7.93. The van der Waals surface area contributed by atoms with Crippen LogP contribution in [0.3, 0.4) is 0 Å². The van der Waals surface area contributed by atoms with E-state index in [0.717, 1.165) is 45.8 Å². The fourth-order valence-corrected chi connectivity index (χ4v) is 3.50. The molecular weight excluding hydrogens is 240 g/mol. The zero-order valence-electron chi connectivity index (χ0n) is 12.4. The van der Waals surface area contributed by atoms with Crippen molar-refractivity contribution in [2.75, 3.05) is 46.0 Å². The van der Waals surface area contributed by atoms with Gasteiger partial charge in [0.05, 0.1) is 13.2 Å². The molecule has 2 unspecified atom stereocenters. The summed E-state index contributed by atoms with van der Waals surface area (Å²) >= 11 is 0. The van der Waals surface area contributed by atoms with Gasteiger partial charge in [-0.3, -0.25) is 4.90 Å². The van der Waals surface area contributed by atoms with Crippen molar-refractivity contribution in [3.05, 3.63) is 0 Å². The Morgan fingerprint density at radius 3 is 3.00 bits per heavy atom. The molecule has 2 rings (SSSR count). The second-order valence-corrected chi connectivity index (χ2v) is 6.28. The predicted octanol–water partition coefficient (Wildman–Crippen LogP) is 1.24. The van der Waals surface area contributed by atoms with E-state index in [4.69, 9.17) is 4.74 Å². The van der Waals surface area contributed by atoms with Crippen LogP contribution in [0.25, 0.3) is 0 Å².